The van der Waals surface area contributed by atoms with Gasteiger partial charge in [0.1, 0.15) is 5.75 Å². The second-order valence-electron chi connectivity index (χ2n) is 6.51. The molecule has 0 saturated carbocycles. The Bertz CT molecular complexity index is 1060. The van der Waals surface area contributed by atoms with Gasteiger partial charge in [0.25, 0.3) is 5.91 Å². The molecule has 8 nitrogen and oxygen atoms in total. The lowest BCUT2D eigenvalue weighted by atomic mass is 10.1. The maximum absolute atomic E-state index is 12.6. The standard InChI is InChI=1S/C21H22F2N4O4/c1-13-19(25-26-27(13)15-5-4-6-16(12-15)29-2)20(28)24-10-9-14-7-8-17(30-3)18(11-14)31-21(22)23/h4-8,11-12,21H,9-10H2,1-3H3,(H,24,28). The number of halogens is 2. The van der Waals surface area contributed by atoms with E-state index in [2.05, 4.69) is 20.4 Å². The molecule has 1 heterocycles. The molecule has 3 rings (SSSR count). The Kier molecular flexibility index (Phi) is 7.01. The van der Waals surface area contributed by atoms with Crippen molar-refractivity contribution in [1.29, 1.82) is 0 Å². The highest BCUT2D eigenvalue weighted by Gasteiger charge is 2.17. The van der Waals surface area contributed by atoms with Crippen LogP contribution >= 0.6 is 0 Å². The first kappa shape index (κ1) is 22.0. The van der Waals surface area contributed by atoms with Gasteiger partial charge >= 0.3 is 6.61 Å². The van der Waals surface area contributed by atoms with Gasteiger partial charge < -0.3 is 19.5 Å². The SMILES string of the molecule is COc1cccc(-n2nnc(C(=O)NCCc3ccc(OC)c(OC(F)F)c3)c2C)c1. The Labute approximate surface area is 177 Å². The van der Waals surface area contributed by atoms with Crippen LogP contribution in [0.5, 0.6) is 17.2 Å². The van der Waals surface area contributed by atoms with Gasteiger partial charge in [-0.15, -0.1) is 5.10 Å². The van der Waals surface area contributed by atoms with E-state index in [9.17, 15) is 13.6 Å². The van der Waals surface area contributed by atoms with Crippen LogP contribution in [0.15, 0.2) is 42.5 Å². The number of ether oxygens (including phenoxy) is 3. The Morgan fingerprint density at radius 2 is 1.94 bits per heavy atom. The Morgan fingerprint density at radius 1 is 1.13 bits per heavy atom. The van der Waals surface area contributed by atoms with Gasteiger partial charge in [-0.1, -0.05) is 17.3 Å². The van der Waals surface area contributed by atoms with Crippen molar-refractivity contribution >= 4 is 5.91 Å². The summed E-state index contributed by atoms with van der Waals surface area (Å²) in [5.41, 5.74) is 2.18. The molecule has 0 radical (unpaired) electrons. The number of carbonyl (C=O) groups excluding carboxylic acids is 1. The second kappa shape index (κ2) is 9.88. The van der Waals surface area contributed by atoms with E-state index in [0.29, 0.717) is 29.1 Å². The number of benzene rings is 2. The van der Waals surface area contributed by atoms with Crippen molar-refractivity contribution in [2.45, 2.75) is 20.0 Å². The molecule has 0 saturated heterocycles. The maximum Gasteiger partial charge on any atom is 0.387 e. The van der Waals surface area contributed by atoms with Gasteiger partial charge in [-0.3, -0.25) is 4.79 Å². The minimum atomic E-state index is -2.96. The monoisotopic (exact) mass is 432 g/mol. The summed E-state index contributed by atoms with van der Waals surface area (Å²) in [5, 5.41) is 10.8. The van der Waals surface area contributed by atoms with Crippen LogP contribution in [0.1, 0.15) is 21.7 Å². The van der Waals surface area contributed by atoms with Gasteiger partial charge in [-0.05, 0) is 43.2 Å². The van der Waals surface area contributed by atoms with Crippen molar-refractivity contribution in [3.63, 3.8) is 0 Å². The molecule has 2 aromatic carbocycles. The molecule has 3 aromatic rings. The third kappa shape index (κ3) is 5.27. The van der Waals surface area contributed by atoms with Gasteiger partial charge in [0, 0.05) is 12.6 Å². The summed E-state index contributed by atoms with van der Waals surface area (Å²) < 4.78 is 41.4. The molecule has 0 spiro atoms. The minimum absolute atomic E-state index is 0.0570. The number of amides is 1. The van der Waals surface area contributed by atoms with Gasteiger partial charge in [0.05, 0.1) is 25.6 Å². The van der Waals surface area contributed by atoms with E-state index in [1.54, 1.807) is 43.0 Å². The predicted molar refractivity (Wildman–Crippen MR) is 108 cm³/mol. The smallest absolute Gasteiger partial charge is 0.387 e. The number of nitrogens with one attached hydrogen (secondary N) is 1. The lowest BCUT2D eigenvalue weighted by Gasteiger charge is -2.11. The molecule has 164 valence electrons. The Morgan fingerprint density at radius 3 is 2.65 bits per heavy atom. The van der Waals surface area contributed by atoms with E-state index in [0.717, 1.165) is 0 Å². The highest BCUT2D eigenvalue weighted by molar-refractivity contribution is 5.93. The number of nitrogens with zero attached hydrogens (tertiary/aromatic N) is 3. The highest BCUT2D eigenvalue weighted by atomic mass is 19.3. The van der Waals surface area contributed by atoms with Crippen molar-refractivity contribution in [2.75, 3.05) is 20.8 Å². The van der Waals surface area contributed by atoms with Crippen LogP contribution in [0.25, 0.3) is 5.69 Å². The van der Waals surface area contributed by atoms with E-state index < -0.39 is 6.61 Å². The van der Waals surface area contributed by atoms with Gasteiger partial charge in [0.2, 0.25) is 0 Å². The molecule has 0 bridgehead atoms. The first-order valence-corrected chi connectivity index (χ1v) is 9.39. The molecular formula is C21H22F2N4O4. The number of methoxy groups -OCH3 is 2. The number of alkyl halides is 2. The quantitative estimate of drug-likeness (QED) is 0.559. The fourth-order valence-corrected chi connectivity index (χ4v) is 3.00. The highest BCUT2D eigenvalue weighted by Crippen LogP contribution is 2.29. The molecule has 0 aliphatic rings. The van der Waals surface area contributed by atoms with Gasteiger partial charge in [0.15, 0.2) is 17.2 Å². The number of carbonyl (C=O) groups is 1. The first-order valence-electron chi connectivity index (χ1n) is 9.39. The van der Waals surface area contributed by atoms with Gasteiger partial charge in [-0.2, -0.15) is 8.78 Å². The normalized spacial score (nSPS) is 10.8. The summed E-state index contributed by atoms with van der Waals surface area (Å²) in [6.45, 7) is -0.949. The zero-order chi connectivity index (χ0) is 22.4. The fraction of sp³-hybridized carbons (Fsp3) is 0.286. The van der Waals surface area contributed by atoms with Crippen molar-refractivity contribution in [3.05, 3.63) is 59.4 Å². The average Bonchev–Trinajstić information content (AvgIpc) is 3.15. The van der Waals surface area contributed by atoms with Crippen molar-refractivity contribution in [1.82, 2.24) is 20.3 Å². The topological polar surface area (TPSA) is 87.5 Å². The molecule has 31 heavy (non-hydrogen) atoms. The van der Waals surface area contributed by atoms with E-state index >= 15 is 0 Å². The summed E-state index contributed by atoms with van der Waals surface area (Å²) in [4.78, 5) is 12.5. The third-order valence-electron chi connectivity index (χ3n) is 4.55. The van der Waals surface area contributed by atoms with Crippen molar-refractivity contribution in [3.8, 4) is 22.9 Å². The van der Waals surface area contributed by atoms with E-state index in [1.807, 2.05) is 12.1 Å². The van der Waals surface area contributed by atoms with Crippen molar-refractivity contribution in [2.24, 2.45) is 0 Å². The molecule has 0 atom stereocenters. The number of hydrogen-bond acceptors (Lipinski definition) is 6. The summed E-state index contributed by atoms with van der Waals surface area (Å²) in [5.74, 6) is 0.425. The number of hydrogen-bond donors (Lipinski definition) is 1. The van der Waals surface area contributed by atoms with Crippen LogP contribution in [-0.2, 0) is 6.42 Å². The molecule has 0 fully saturated rings. The Hall–Kier alpha value is -3.69. The summed E-state index contributed by atoms with van der Waals surface area (Å²) >= 11 is 0. The van der Waals surface area contributed by atoms with Crippen LogP contribution in [0.3, 0.4) is 0 Å². The Balaban J connectivity index is 1.65. The lowest BCUT2D eigenvalue weighted by Crippen LogP contribution is -2.26. The zero-order valence-corrected chi connectivity index (χ0v) is 17.3. The van der Waals surface area contributed by atoms with Crippen LogP contribution in [0, 0.1) is 6.92 Å². The number of rotatable bonds is 9. The van der Waals surface area contributed by atoms with E-state index in [4.69, 9.17) is 9.47 Å². The fourth-order valence-electron chi connectivity index (χ4n) is 3.00. The van der Waals surface area contributed by atoms with E-state index in [1.165, 1.54) is 13.2 Å². The number of aromatic nitrogens is 3. The largest absolute Gasteiger partial charge is 0.497 e. The zero-order valence-electron chi connectivity index (χ0n) is 17.3. The second-order valence-corrected chi connectivity index (χ2v) is 6.51. The van der Waals surface area contributed by atoms with Crippen LogP contribution < -0.4 is 19.5 Å². The molecule has 1 N–H and O–H groups in total. The summed E-state index contributed by atoms with van der Waals surface area (Å²) in [6, 6.07) is 11.9. The van der Waals surface area contributed by atoms with Crippen LogP contribution in [-0.4, -0.2) is 48.3 Å². The predicted octanol–water partition coefficient (Wildman–Crippen LogP) is 3.17. The molecular weight excluding hydrogens is 410 g/mol. The average molecular weight is 432 g/mol. The summed E-state index contributed by atoms with van der Waals surface area (Å²) in [7, 11) is 2.94. The first-order chi connectivity index (χ1) is 14.9. The maximum atomic E-state index is 12.6. The van der Waals surface area contributed by atoms with E-state index in [-0.39, 0.29) is 29.6 Å². The third-order valence-corrected chi connectivity index (χ3v) is 4.55. The van der Waals surface area contributed by atoms with Crippen LogP contribution in [0.2, 0.25) is 0 Å². The molecule has 10 heteroatoms. The molecule has 0 unspecified atom stereocenters. The van der Waals surface area contributed by atoms with Gasteiger partial charge in [-0.25, -0.2) is 4.68 Å². The van der Waals surface area contributed by atoms with Crippen LogP contribution in [0.4, 0.5) is 8.78 Å². The summed E-state index contributed by atoms with van der Waals surface area (Å²) in [6.07, 6.45) is 0.401. The lowest BCUT2D eigenvalue weighted by molar-refractivity contribution is -0.0512. The molecule has 0 aliphatic heterocycles. The molecule has 1 amide bonds. The molecule has 0 aliphatic carbocycles. The minimum Gasteiger partial charge on any atom is -0.497 e. The van der Waals surface area contributed by atoms with Crippen molar-refractivity contribution < 1.29 is 27.8 Å². The molecule has 1 aromatic heterocycles.